The number of nitrogens with zero attached hydrogens (tertiary/aromatic N) is 1. The van der Waals surface area contributed by atoms with Crippen LogP contribution in [0.1, 0.15) is 30.0 Å². The van der Waals surface area contributed by atoms with E-state index >= 15 is 0 Å². The van der Waals surface area contributed by atoms with Crippen molar-refractivity contribution in [2.45, 2.75) is 38.6 Å². The molecular weight excluding hydrogens is 334 g/mol. The first-order valence-corrected chi connectivity index (χ1v) is 9.64. The first-order chi connectivity index (χ1) is 12.2. The molecule has 4 nitrogen and oxygen atoms in total. The molecule has 0 atom stereocenters. The Balaban J connectivity index is 1.78. The molecule has 1 aliphatic rings. The van der Waals surface area contributed by atoms with Gasteiger partial charge >= 0.3 is 0 Å². The van der Waals surface area contributed by atoms with E-state index in [1.165, 1.54) is 11.1 Å². The van der Waals surface area contributed by atoms with Gasteiger partial charge in [-0.15, -0.1) is 0 Å². The summed E-state index contributed by atoms with van der Waals surface area (Å²) in [6.45, 7) is 2.93. The summed E-state index contributed by atoms with van der Waals surface area (Å²) in [6.07, 6.45) is 3.22. The first kappa shape index (κ1) is 17.8. The topological polar surface area (TPSA) is 38.8 Å². The first-order valence-electron chi connectivity index (χ1n) is 8.70. The van der Waals surface area contributed by atoms with Crippen LogP contribution in [-0.2, 0) is 24.1 Å². The molecule has 1 heterocycles. The summed E-state index contributed by atoms with van der Waals surface area (Å²) in [5, 5.41) is 4.08. The molecule has 3 rings (SSSR count). The van der Waals surface area contributed by atoms with E-state index in [9.17, 15) is 4.79 Å². The Kier molecular flexibility index (Phi) is 5.63. The number of hydrogen-bond donors (Lipinski definition) is 0. The van der Waals surface area contributed by atoms with Crippen molar-refractivity contribution in [3.8, 4) is 11.5 Å². The van der Waals surface area contributed by atoms with Gasteiger partial charge in [-0.25, -0.2) is 0 Å². The molecule has 1 aromatic carbocycles. The van der Waals surface area contributed by atoms with Crippen molar-refractivity contribution in [1.82, 2.24) is 4.90 Å². The van der Waals surface area contributed by atoms with E-state index in [0.717, 1.165) is 42.9 Å². The normalized spacial score (nSPS) is 13.6. The van der Waals surface area contributed by atoms with E-state index in [1.54, 1.807) is 25.6 Å². The number of fused-ring (bicyclic) bond motifs is 1. The third kappa shape index (κ3) is 3.82. The van der Waals surface area contributed by atoms with Crippen LogP contribution in [0.15, 0.2) is 29.0 Å². The molecule has 0 aliphatic heterocycles. The van der Waals surface area contributed by atoms with E-state index in [0.29, 0.717) is 6.42 Å². The molecule has 0 N–H and O–H groups in total. The third-order valence-electron chi connectivity index (χ3n) is 4.78. The molecule has 1 aliphatic carbocycles. The number of thiophene rings is 1. The van der Waals surface area contributed by atoms with Gasteiger partial charge in [0, 0.05) is 12.6 Å². The number of amides is 1. The molecule has 0 fully saturated rings. The fourth-order valence-electron chi connectivity index (χ4n) is 3.56. The molecule has 0 spiro atoms. The summed E-state index contributed by atoms with van der Waals surface area (Å²) in [6, 6.07) is 6.37. The number of ether oxygens (including phenoxy) is 2. The lowest BCUT2D eigenvalue weighted by atomic mass is 10.1. The van der Waals surface area contributed by atoms with Crippen LogP contribution in [0.25, 0.3) is 0 Å². The van der Waals surface area contributed by atoms with Crippen molar-refractivity contribution < 1.29 is 14.3 Å². The Bertz CT molecular complexity index is 694. The molecule has 1 aromatic heterocycles. The highest BCUT2D eigenvalue weighted by Gasteiger charge is 2.30. The number of rotatable bonds is 7. The van der Waals surface area contributed by atoms with E-state index < -0.39 is 0 Å². The summed E-state index contributed by atoms with van der Waals surface area (Å²) in [4.78, 5) is 14.9. The Labute approximate surface area is 153 Å². The van der Waals surface area contributed by atoms with Crippen LogP contribution >= 0.6 is 11.3 Å². The highest BCUT2D eigenvalue weighted by molar-refractivity contribution is 7.08. The van der Waals surface area contributed by atoms with Crippen molar-refractivity contribution in [3.63, 3.8) is 0 Å². The van der Waals surface area contributed by atoms with Gasteiger partial charge in [0.15, 0.2) is 11.5 Å². The maximum absolute atomic E-state index is 12.9. The highest BCUT2D eigenvalue weighted by Crippen LogP contribution is 2.36. The molecule has 0 radical (unpaired) electrons. The maximum atomic E-state index is 12.9. The van der Waals surface area contributed by atoms with Gasteiger partial charge in [-0.1, -0.05) is 6.92 Å². The lowest BCUT2D eigenvalue weighted by Crippen LogP contribution is -2.42. The fraction of sp³-hybridized carbons (Fsp3) is 0.450. The number of hydrogen-bond acceptors (Lipinski definition) is 4. The second-order valence-corrected chi connectivity index (χ2v) is 7.21. The van der Waals surface area contributed by atoms with Crippen LogP contribution in [0.3, 0.4) is 0 Å². The fourth-order valence-corrected chi connectivity index (χ4v) is 4.23. The summed E-state index contributed by atoms with van der Waals surface area (Å²) in [7, 11) is 3.31. The van der Waals surface area contributed by atoms with Crippen LogP contribution < -0.4 is 9.47 Å². The van der Waals surface area contributed by atoms with Crippen LogP contribution in [0.4, 0.5) is 0 Å². The zero-order valence-electron chi connectivity index (χ0n) is 15.1. The lowest BCUT2D eigenvalue weighted by molar-refractivity contribution is -0.132. The lowest BCUT2D eigenvalue weighted by Gasteiger charge is -2.28. The predicted molar refractivity (Wildman–Crippen MR) is 101 cm³/mol. The Morgan fingerprint density at radius 3 is 2.32 bits per heavy atom. The Morgan fingerprint density at radius 2 is 1.84 bits per heavy atom. The minimum atomic E-state index is 0.219. The smallest absolute Gasteiger partial charge is 0.227 e. The van der Waals surface area contributed by atoms with E-state index in [2.05, 4.69) is 29.3 Å². The number of carbonyl (C=O) groups excluding carboxylic acids is 1. The van der Waals surface area contributed by atoms with Crippen molar-refractivity contribution in [1.29, 1.82) is 0 Å². The zero-order valence-corrected chi connectivity index (χ0v) is 15.9. The van der Waals surface area contributed by atoms with E-state index in [4.69, 9.17) is 9.47 Å². The van der Waals surface area contributed by atoms with E-state index in [1.807, 2.05) is 11.4 Å². The van der Waals surface area contributed by atoms with Crippen molar-refractivity contribution >= 4 is 17.2 Å². The molecule has 0 saturated heterocycles. The van der Waals surface area contributed by atoms with Gasteiger partial charge in [0.05, 0.1) is 20.6 Å². The largest absolute Gasteiger partial charge is 0.493 e. The van der Waals surface area contributed by atoms with Gasteiger partial charge in [-0.3, -0.25) is 4.79 Å². The third-order valence-corrected chi connectivity index (χ3v) is 5.51. The average molecular weight is 359 g/mol. The number of carbonyl (C=O) groups is 1. The quantitative estimate of drug-likeness (QED) is 0.756. The molecule has 0 saturated carbocycles. The van der Waals surface area contributed by atoms with Gasteiger partial charge < -0.3 is 14.4 Å². The van der Waals surface area contributed by atoms with Crippen LogP contribution in [-0.4, -0.2) is 37.6 Å². The van der Waals surface area contributed by atoms with Crippen molar-refractivity contribution in [3.05, 3.63) is 45.6 Å². The second-order valence-electron chi connectivity index (χ2n) is 6.43. The van der Waals surface area contributed by atoms with Crippen molar-refractivity contribution in [2.24, 2.45) is 0 Å². The monoisotopic (exact) mass is 359 g/mol. The SMILES string of the molecule is CCCN(C(=O)Cc1ccsc1)C1Cc2cc(OC)c(OC)cc2C1. The number of benzene rings is 1. The standard InChI is InChI=1S/C20H25NO3S/c1-4-6-21(20(22)8-14-5-7-25-13-14)17-9-15-11-18(23-2)19(24-3)12-16(15)10-17/h5,7,11-13,17H,4,6,8-10H2,1-3H3. The van der Waals surface area contributed by atoms with Crippen LogP contribution in [0.5, 0.6) is 11.5 Å². The van der Waals surface area contributed by atoms with Gasteiger partial charge in [0.2, 0.25) is 5.91 Å². The van der Waals surface area contributed by atoms with Crippen molar-refractivity contribution in [2.75, 3.05) is 20.8 Å². The minimum absolute atomic E-state index is 0.219. The Morgan fingerprint density at radius 1 is 1.20 bits per heavy atom. The molecular formula is C20H25NO3S. The molecule has 5 heteroatoms. The summed E-state index contributed by atoms with van der Waals surface area (Å²) in [5.41, 5.74) is 3.62. The molecule has 134 valence electrons. The molecule has 2 aromatic rings. The van der Waals surface area contributed by atoms with Gasteiger partial charge in [0.1, 0.15) is 0 Å². The van der Waals surface area contributed by atoms with Gasteiger partial charge in [-0.2, -0.15) is 11.3 Å². The van der Waals surface area contributed by atoms with Gasteiger partial charge in [0.25, 0.3) is 0 Å². The van der Waals surface area contributed by atoms with Crippen LogP contribution in [0, 0.1) is 0 Å². The van der Waals surface area contributed by atoms with Crippen LogP contribution in [0.2, 0.25) is 0 Å². The predicted octanol–water partition coefficient (Wildman–Crippen LogP) is 3.71. The summed E-state index contributed by atoms with van der Waals surface area (Å²) < 4.78 is 10.8. The molecule has 25 heavy (non-hydrogen) atoms. The molecule has 0 unspecified atom stereocenters. The zero-order chi connectivity index (χ0) is 17.8. The number of methoxy groups -OCH3 is 2. The summed E-state index contributed by atoms with van der Waals surface area (Å²) >= 11 is 1.64. The molecule has 0 bridgehead atoms. The highest BCUT2D eigenvalue weighted by atomic mass is 32.1. The second kappa shape index (κ2) is 7.91. The molecule has 1 amide bonds. The minimum Gasteiger partial charge on any atom is -0.493 e. The maximum Gasteiger partial charge on any atom is 0.227 e. The van der Waals surface area contributed by atoms with Gasteiger partial charge in [-0.05, 0) is 64.9 Å². The Hall–Kier alpha value is -2.01. The van der Waals surface area contributed by atoms with E-state index in [-0.39, 0.29) is 11.9 Å². The average Bonchev–Trinajstić information content (AvgIpc) is 3.26. The summed E-state index contributed by atoms with van der Waals surface area (Å²) in [5.74, 6) is 1.74.